The largest absolute Gasteiger partial charge is 0.497 e. The Balaban J connectivity index is 1.59. The van der Waals surface area contributed by atoms with Crippen LogP contribution in [0, 0.1) is 11.7 Å². The Kier molecular flexibility index (Phi) is 6.46. The van der Waals surface area contributed by atoms with E-state index in [1.165, 1.54) is 6.07 Å². The number of hydrogen-bond donors (Lipinski definition) is 1. The summed E-state index contributed by atoms with van der Waals surface area (Å²) in [6, 6.07) is 12.5. The van der Waals surface area contributed by atoms with Crippen molar-refractivity contribution < 1.29 is 23.5 Å². The second kappa shape index (κ2) is 9.28. The first-order valence-corrected chi connectivity index (χ1v) is 11.1. The molecule has 1 saturated carbocycles. The topological polar surface area (TPSA) is 67.9 Å². The highest BCUT2D eigenvalue weighted by Gasteiger charge is 2.53. The Morgan fingerprint density at radius 1 is 1.19 bits per heavy atom. The van der Waals surface area contributed by atoms with Crippen molar-refractivity contribution in [2.45, 2.75) is 50.9 Å². The van der Waals surface area contributed by atoms with E-state index in [-0.39, 0.29) is 30.8 Å². The van der Waals surface area contributed by atoms with Gasteiger partial charge in [-0.25, -0.2) is 4.39 Å². The molecule has 1 heterocycles. The molecule has 6 nitrogen and oxygen atoms in total. The molecule has 2 aromatic carbocycles. The van der Waals surface area contributed by atoms with Crippen LogP contribution in [0.5, 0.6) is 5.75 Å². The Labute approximate surface area is 187 Å². The monoisotopic (exact) mass is 440 g/mol. The van der Waals surface area contributed by atoms with Crippen molar-refractivity contribution >= 4 is 11.8 Å². The summed E-state index contributed by atoms with van der Waals surface area (Å²) in [7, 11) is 1.55. The number of nitrogens with one attached hydrogen (secondary N) is 1. The lowest BCUT2D eigenvalue weighted by atomic mass is 9.83. The molecule has 2 aromatic rings. The highest BCUT2D eigenvalue weighted by molar-refractivity contribution is 5.98. The second-order valence-electron chi connectivity index (χ2n) is 8.67. The summed E-state index contributed by atoms with van der Waals surface area (Å²) >= 11 is 0. The number of carbonyl (C=O) groups excluding carboxylic acids is 2. The minimum Gasteiger partial charge on any atom is -0.497 e. The van der Waals surface area contributed by atoms with E-state index >= 15 is 0 Å². The van der Waals surface area contributed by atoms with E-state index in [9.17, 15) is 14.0 Å². The smallest absolute Gasteiger partial charge is 0.257 e. The van der Waals surface area contributed by atoms with Gasteiger partial charge in [0.2, 0.25) is 5.91 Å². The van der Waals surface area contributed by atoms with Crippen LogP contribution in [-0.4, -0.2) is 42.2 Å². The van der Waals surface area contributed by atoms with Crippen LogP contribution in [0.2, 0.25) is 0 Å². The first-order valence-electron chi connectivity index (χ1n) is 11.1. The molecule has 0 unspecified atom stereocenters. The number of methoxy groups -OCH3 is 1. The maximum atomic E-state index is 14.0. The van der Waals surface area contributed by atoms with Crippen molar-refractivity contribution in [2.75, 3.05) is 13.7 Å². The Morgan fingerprint density at radius 2 is 1.94 bits per heavy atom. The third kappa shape index (κ3) is 4.35. The third-order valence-electron chi connectivity index (χ3n) is 6.57. The van der Waals surface area contributed by atoms with Crippen LogP contribution in [-0.2, 0) is 16.1 Å². The first-order chi connectivity index (χ1) is 15.4. The van der Waals surface area contributed by atoms with Crippen molar-refractivity contribution in [1.82, 2.24) is 10.2 Å². The molecule has 0 bridgehead atoms. The van der Waals surface area contributed by atoms with Gasteiger partial charge in [-0.15, -0.1) is 0 Å². The Hall–Kier alpha value is -2.93. The lowest BCUT2D eigenvalue weighted by Gasteiger charge is -2.43. The van der Waals surface area contributed by atoms with Gasteiger partial charge in [-0.05, 0) is 55.9 Å². The SMILES string of the molecule is COc1cccc(C(=O)N2[C@@H](C(=O)NCc3ccccc3F)COC23CCC(C)CC3)c1. The summed E-state index contributed by atoms with van der Waals surface area (Å²) in [5, 5.41) is 2.79. The number of benzene rings is 2. The summed E-state index contributed by atoms with van der Waals surface area (Å²) in [5.41, 5.74) is 0.0403. The fourth-order valence-electron chi connectivity index (χ4n) is 4.62. The normalized spacial score (nSPS) is 25.0. The van der Waals surface area contributed by atoms with E-state index in [0.29, 0.717) is 35.6 Å². The zero-order chi connectivity index (χ0) is 22.7. The highest BCUT2D eigenvalue weighted by atomic mass is 19.1. The van der Waals surface area contributed by atoms with Gasteiger partial charge in [-0.3, -0.25) is 14.5 Å². The molecule has 1 saturated heterocycles. The molecule has 32 heavy (non-hydrogen) atoms. The lowest BCUT2D eigenvalue weighted by molar-refractivity contribution is -0.128. The van der Waals surface area contributed by atoms with E-state index in [0.717, 1.165) is 12.8 Å². The molecule has 7 heteroatoms. The zero-order valence-electron chi connectivity index (χ0n) is 18.5. The average molecular weight is 441 g/mol. The first kappa shape index (κ1) is 22.3. The van der Waals surface area contributed by atoms with Gasteiger partial charge in [0, 0.05) is 17.7 Å². The number of carbonyl (C=O) groups is 2. The second-order valence-corrected chi connectivity index (χ2v) is 8.67. The molecule has 1 N–H and O–H groups in total. The van der Waals surface area contributed by atoms with Crippen molar-refractivity contribution in [1.29, 1.82) is 0 Å². The maximum Gasteiger partial charge on any atom is 0.257 e. The molecule has 1 atom stereocenters. The molecule has 1 aliphatic carbocycles. The summed E-state index contributed by atoms with van der Waals surface area (Å²) in [6.07, 6.45) is 3.21. The van der Waals surface area contributed by atoms with Crippen LogP contribution in [0.25, 0.3) is 0 Å². The summed E-state index contributed by atoms with van der Waals surface area (Å²) < 4.78 is 25.4. The van der Waals surface area contributed by atoms with Gasteiger partial charge in [0.1, 0.15) is 23.3 Å². The third-order valence-corrected chi connectivity index (χ3v) is 6.57. The van der Waals surface area contributed by atoms with Crippen molar-refractivity contribution in [3.8, 4) is 5.75 Å². The summed E-state index contributed by atoms with van der Waals surface area (Å²) in [4.78, 5) is 28.4. The van der Waals surface area contributed by atoms with E-state index in [4.69, 9.17) is 9.47 Å². The number of halogens is 1. The van der Waals surface area contributed by atoms with Crippen LogP contribution >= 0.6 is 0 Å². The Morgan fingerprint density at radius 3 is 2.66 bits per heavy atom. The Bertz CT molecular complexity index is 987. The molecule has 2 fully saturated rings. The van der Waals surface area contributed by atoms with Gasteiger partial charge in [-0.1, -0.05) is 31.2 Å². The van der Waals surface area contributed by atoms with E-state index < -0.39 is 11.8 Å². The van der Waals surface area contributed by atoms with Gasteiger partial charge in [0.25, 0.3) is 5.91 Å². The highest BCUT2D eigenvalue weighted by Crippen LogP contribution is 2.43. The fraction of sp³-hybridized carbons (Fsp3) is 0.440. The van der Waals surface area contributed by atoms with Gasteiger partial charge in [-0.2, -0.15) is 0 Å². The predicted molar refractivity (Wildman–Crippen MR) is 118 cm³/mol. The van der Waals surface area contributed by atoms with Gasteiger partial charge >= 0.3 is 0 Å². The molecule has 4 rings (SSSR count). The minimum atomic E-state index is -0.799. The average Bonchev–Trinajstić information content (AvgIpc) is 3.18. The summed E-state index contributed by atoms with van der Waals surface area (Å²) in [6.45, 7) is 2.36. The minimum absolute atomic E-state index is 0.0488. The van der Waals surface area contributed by atoms with Gasteiger partial charge < -0.3 is 14.8 Å². The number of ether oxygens (including phenoxy) is 2. The van der Waals surface area contributed by atoms with Crippen LogP contribution in [0.3, 0.4) is 0 Å². The van der Waals surface area contributed by atoms with Gasteiger partial charge in [0.15, 0.2) is 0 Å². The van der Waals surface area contributed by atoms with Crippen molar-refractivity contribution in [2.24, 2.45) is 5.92 Å². The molecular weight excluding hydrogens is 411 g/mol. The van der Waals surface area contributed by atoms with Crippen molar-refractivity contribution in [3.63, 3.8) is 0 Å². The molecule has 170 valence electrons. The number of amides is 2. The van der Waals surface area contributed by atoms with Crippen LogP contribution in [0.15, 0.2) is 48.5 Å². The van der Waals surface area contributed by atoms with Crippen LogP contribution in [0.4, 0.5) is 4.39 Å². The molecular formula is C25H29FN2O4. The zero-order valence-corrected chi connectivity index (χ0v) is 18.5. The quantitative estimate of drug-likeness (QED) is 0.766. The number of rotatable bonds is 5. The summed E-state index contributed by atoms with van der Waals surface area (Å²) in [5.74, 6) is 0.134. The molecule has 1 aliphatic heterocycles. The van der Waals surface area contributed by atoms with Crippen molar-refractivity contribution in [3.05, 3.63) is 65.5 Å². The lowest BCUT2D eigenvalue weighted by Crippen LogP contribution is -2.56. The maximum absolute atomic E-state index is 14.0. The molecule has 0 aromatic heterocycles. The standard InChI is InChI=1S/C25H29FN2O4/c1-17-10-12-25(13-11-17)28(24(30)18-7-5-8-20(14-18)31-2)22(16-32-25)23(29)27-15-19-6-3-4-9-21(19)26/h3-9,14,17,22H,10-13,15-16H2,1-2H3,(H,27,29)/t17?,22-,25?/m1/s1. The molecule has 2 amide bonds. The molecule has 0 radical (unpaired) electrons. The van der Waals surface area contributed by atoms with Crippen LogP contribution < -0.4 is 10.1 Å². The van der Waals surface area contributed by atoms with Gasteiger partial charge in [0.05, 0.1) is 13.7 Å². The number of nitrogens with zero attached hydrogens (tertiary/aromatic N) is 1. The fourth-order valence-corrected chi connectivity index (χ4v) is 4.62. The number of hydrogen-bond acceptors (Lipinski definition) is 4. The van der Waals surface area contributed by atoms with Crippen LogP contribution in [0.1, 0.15) is 48.5 Å². The van der Waals surface area contributed by atoms with E-state index in [1.807, 2.05) is 0 Å². The molecule has 2 aliphatic rings. The molecule has 1 spiro atoms. The van der Waals surface area contributed by atoms with E-state index in [1.54, 1.807) is 54.5 Å². The van der Waals surface area contributed by atoms with E-state index in [2.05, 4.69) is 12.2 Å². The predicted octanol–water partition coefficient (Wildman–Crippen LogP) is 3.90.